The summed E-state index contributed by atoms with van der Waals surface area (Å²) in [6.45, 7) is 7.58. The molecule has 0 radical (unpaired) electrons. The van der Waals surface area contributed by atoms with Gasteiger partial charge in [0.2, 0.25) is 0 Å². The van der Waals surface area contributed by atoms with E-state index in [1.807, 2.05) is 45.0 Å². The molecule has 1 heterocycles. The third-order valence-corrected chi connectivity index (χ3v) is 4.54. The highest BCUT2D eigenvalue weighted by Crippen LogP contribution is 2.15. The van der Waals surface area contributed by atoms with E-state index in [1.165, 1.54) is 16.9 Å². The lowest BCUT2D eigenvalue weighted by Crippen LogP contribution is -2.33. The first-order valence-corrected chi connectivity index (χ1v) is 9.30. The van der Waals surface area contributed by atoms with E-state index in [0.717, 1.165) is 28.4 Å². The molecule has 26 heavy (non-hydrogen) atoms. The minimum Gasteiger partial charge on any atom is -0.444 e. The van der Waals surface area contributed by atoms with E-state index in [0.29, 0.717) is 6.54 Å². The molecule has 5 nitrogen and oxygen atoms in total. The number of amides is 1. The van der Waals surface area contributed by atoms with E-state index in [-0.39, 0.29) is 6.09 Å². The zero-order chi connectivity index (χ0) is 19.2. The predicted octanol–water partition coefficient (Wildman–Crippen LogP) is 4.28. The van der Waals surface area contributed by atoms with Crippen LogP contribution in [-0.2, 0) is 24.4 Å². The maximum atomic E-state index is 12.0. The molecule has 0 saturated heterocycles. The fourth-order valence-corrected chi connectivity index (χ4v) is 3.08. The van der Waals surface area contributed by atoms with Gasteiger partial charge in [-0.2, -0.15) is 5.26 Å². The van der Waals surface area contributed by atoms with Crippen LogP contribution in [0.3, 0.4) is 0 Å². The van der Waals surface area contributed by atoms with E-state index in [9.17, 15) is 4.79 Å². The Kier molecular flexibility index (Phi) is 6.78. The van der Waals surface area contributed by atoms with E-state index >= 15 is 0 Å². The summed E-state index contributed by atoms with van der Waals surface area (Å²) < 4.78 is 5.36. The van der Waals surface area contributed by atoms with E-state index in [2.05, 4.69) is 23.5 Å². The molecule has 2 aromatic rings. The molecule has 0 unspecified atom stereocenters. The van der Waals surface area contributed by atoms with Gasteiger partial charge in [0.25, 0.3) is 0 Å². The first kappa shape index (κ1) is 20.0. The van der Waals surface area contributed by atoms with Gasteiger partial charge in [-0.05, 0) is 44.0 Å². The zero-order valence-electron chi connectivity index (χ0n) is 15.7. The van der Waals surface area contributed by atoms with Crippen molar-refractivity contribution in [3.63, 3.8) is 0 Å². The van der Waals surface area contributed by atoms with Gasteiger partial charge in [-0.1, -0.05) is 24.3 Å². The highest BCUT2D eigenvalue weighted by molar-refractivity contribution is 7.12. The van der Waals surface area contributed by atoms with Gasteiger partial charge in [0, 0.05) is 31.6 Å². The van der Waals surface area contributed by atoms with Crippen LogP contribution in [0.15, 0.2) is 36.4 Å². The Bertz CT molecular complexity index is 770. The Morgan fingerprint density at radius 2 is 1.81 bits per heavy atom. The molecule has 0 saturated carbocycles. The Morgan fingerprint density at radius 3 is 2.38 bits per heavy atom. The Hall–Kier alpha value is -2.36. The van der Waals surface area contributed by atoms with Gasteiger partial charge in [0.15, 0.2) is 0 Å². The van der Waals surface area contributed by atoms with Crippen molar-refractivity contribution in [1.29, 1.82) is 5.26 Å². The average Bonchev–Trinajstić information content (AvgIpc) is 3.03. The molecule has 1 aromatic carbocycles. The van der Waals surface area contributed by atoms with E-state index in [1.54, 1.807) is 11.9 Å². The summed E-state index contributed by atoms with van der Waals surface area (Å²) >= 11 is 1.51. The predicted molar refractivity (Wildman–Crippen MR) is 104 cm³/mol. The SMILES string of the molecule is CN(Cc1ccc(CNCc2ccc(C#N)s2)cc1)C(=O)OC(C)(C)C. The van der Waals surface area contributed by atoms with Crippen LogP contribution in [-0.4, -0.2) is 23.6 Å². The standard InChI is InChI=1S/C20H25N3O2S/c1-20(2,3)25-19(24)23(4)14-16-7-5-15(6-8-16)12-22-13-18-10-9-17(11-21)26-18/h5-10,22H,12-14H2,1-4H3. The second-order valence-electron chi connectivity index (χ2n) is 7.13. The number of nitrogens with one attached hydrogen (secondary N) is 1. The lowest BCUT2D eigenvalue weighted by Gasteiger charge is -2.24. The van der Waals surface area contributed by atoms with Crippen LogP contribution in [0.2, 0.25) is 0 Å². The van der Waals surface area contributed by atoms with Gasteiger partial charge in [-0.3, -0.25) is 0 Å². The summed E-state index contributed by atoms with van der Waals surface area (Å²) in [6.07, 6.45) is -0.323. The molecule has 0 fully saturated rings. The minimum absolute atomic E-state index is 0.323. The number of hydrogen-bond acceptors (Lipinski definition) is 5. The van der Waals surface area contributed by atoms with Crippen molar-refractivity contribution in [2.45, 2.75) is 46.0 Å². The van der Waals surface area contributed by atoms with Crippen molar-refractivity contribution in [3.8, 4) is 6.07 Å². The van der Waals surface area contributed by atoms with Crippen LogP contribution < -0.4 is 5.32 Å². The Labute approximate surface area is 159 Å². The molecule has 0 atom stereocenters. The molecular weight excluding hydrogens is 346 g/mol. The lowest BCUT2D eigenvalue weighted by molar-refractivity contribution is 0.0285. The third-order valence-electron chi connectivity index (χ3n) is 3.55. The fourth-order valence-electron chi connectivity index (χ4n) is 2.30. The average molecular weight is 372 g/mol. The van der Waals surface area contributed by atoms with Gasteiger partial charge in [0.05, 0.1) is 0 Å². The summed E-state index contributed by atoms with van der Waals surface area (Å²) in [5.41, 5.74) is 1.74. The van der Waals surface area contributed by atoms with E-state index < -0.39 is 5.60 Å². The van der Waals surface area contributed by atoms with Crippen LogP contribution in [0.1, 0.15) is 41.7 Å². The van der Waals surface area contributed by atoms with Crippen LogP contribution in [0.25, 0.3) is 0 Å². The highest BCUT2D eigenvalue weighted by Gasteiger charge is 2.19. The largest absolute Gasteiger partial charge is 0.444 e. The van der Waals surface area contributed by atoms with Gasteiger partial charge < -0.3 is 15.0 Å². The minimum atomic E-state index is -0.489. The second-order valence-corrected chi connectivity index (χ2v) is 8.30. The molecule has 138 valence electrons. The molecular formula is C20H25N3O2S. The van der Waals surface area contributed by atoms with Crippen molar-refractivity contribution < 1.29 is 9.53 Å². The van der Waals surface area contributed by atoms with Gasteiger partial charge in [-0.25, -0.2) is 4.79 Å². The number of carbonyl (C=O) groups is 1. The van der Waals surface area contributed by atoms with Crippen LogP contribution >= 0.6 is 11.3 Å². The van der Waals surface area contributed by atoms with Gasteiger partial charge in [-0.15, -0.1) is 11.3 Å². The smallest absolute Gasteiger partial charge is 0.410 e. The summed E-state index contributed by atoms with van der Waals surface area (Å²) in [6, 6.07) is 14.1. The van der Waals surface area contributed by atoms with Gasteiger partial charge in [0.1, 0.15) is 16.5 Å². The number of carbonyl (C=O) groups excluding carboxylic acids is 1. The number of hydrogen-bond donors (Lipinski definition) is 1. The fraction of sp³-hybridized carbons (Fsp3) is 0.400. The number of nitrogens with zero attached hydrogens (tertiary/aromatic N) is 2. The summed E-state index contributed by atoms with van der Waals surface area (Å²) in [5, 5.41) is 12.2. The van der Waals surface area contributed by atoms with Crippen LogP contribution in [0, 0.1) is 11.3 Å². The topological polar surface area (TPSA) is 65.4 Å². The first-order valence-electron chi connectivity index (χ1n) is 8.48. The maximum absolute atomic E-state index is 12.0. The Balaban J connectivity index is 1.80. The monoisotopic (exact) mass is 371 g/mol. The summed E-state index contributed by atoms with van der Waals surface area (Å²) in [5.74, 6) is 0. The molecule has 1 aromatic heterocycles. The third kappa shape index (κ3) is 6.51. The molecule has 0 bridgehead atoms. The number of thiophene rings is 1. The highest BCUT2D eigenvalue weighted by atomic mass is 32.1. The van der Waals surface area contributed by atoms with Crippen molar-refractivity contribution in [2.75, 3.05) is 7.05 Å². The summed E-state index contributed by atoms with van der Waals surface area (Å²) in [4.78, 5) is 15.5. The summed E-state index contributed by atoms with van der Waals surface area (Å²) in [7, 11) is 1.74. The quantitative estimate of drug-likeness (QED) is 0.823. The number of nitriles is 1. The first-order chi connectivity index (χ1) is 12.3. The number of ether oxygens (including phenoxy) is 1. The molecule has 0 aliphatic rings. The van der Waals surface area contributed by atoms with E-state index in [4.69, 9.17) is 10.00 Å². The molecule has 0 aliphatic carbocycles. The van der Waals surface area contributed by atoms with Crippen molar-refractivity contribution in [1.82, 2.24) is 10.2 Å². The molecule has 0 aliphatic heterocycles. The normalized spacial score (nSPS) is 11.0. The van der Waals surface area contributed by atoms with Crippen molar-refractivity contribution in [2.24, 2.45) is 0 Å². The van der Waals surface area contributed by atoms with Gasteiger partial charge >= 0.3 is 6.09 Å². The molecule has 1 N–H and O–H groups in total. The molecule has 1 amide bonds. The van der Waals surface area contributed by atoms with Crippen LogP contribution in [0.5, 0.6) is 0 Å². The van der Waals surface area contributed by atoms with Crippen molar-refractivity contribution in [3.05, 3.63) is 57.3 Å². The van der Waals surface area contributed by atoms with Crippen molar-refractivity contribution >= 4 is 17.4 Å². The molecule has 6 heteroatoms. The zero-order valence-corrected chi connectivity index (χ0v) is 16.5. The number of benzene rings is 1. The Morgan fingerprint density at radius 1 is 1.15 bits per heavy atom. The van der Waals surface area contributed by atoms with Crippen LogP contribution in [0.4, 0.5) is 4.79 Å². The lowest BCUT2D eigenvalue weighted by atomic mass is 10.1. The maximum Gasteiger partial charge on any atom is 0.410 e. The second kappa shape index (κ2) is 8.84. The molecule has 0 spiro atoms. The number of rotatable bonds is 6. The molecule has 2 rings (SSSR count).